The lowest BCUT2D eigenvalue weighted by molar-refractivity contribution is 0.243. The smallest absolute Gasteiger partial charge is 0.319 e. The fraction of sp³-hybridized carbons (Fsp3) is 0.581. The van der Waals surface area contributed by atoms with Crippen LogP contribution in [-0.4, -0.2) is 86.0 Å². The summed E-state index contributed by atoms with van der Waals surface area (Å²) in [6.07, 6.45) is 47.9. The average Bonchev–Trinajstić information content (AvgIpc) is 1.15. The van der Waals surface area contributed by atoms with E-state index in [1.54, 1.807) is 0 Å². The summed E-state index contributed by atoms with van der Waals surface area (Å²) in [5.41, 5.74) is 15.9. The maximum atomic E-state index is 12.0. The van der Waals surface area contributed by atoms with E-state index in [4.69, 9.17) is 0 Å². The molecule has 0 aromatic heterocycles. The summed E-state index contributed by atoms with van der Waals surface area (Å²) in [5.74, 6) is 4.16. The lowest BCUT2D eigenvalue weighted by Gasteiger charge is -2.25. The van der Waals surface area contributed by atoms with E-state index in [0.29, 0.717) is 60.7 Å². The summed E-state index contributed by atoms with van der Waals surface area (Å²) in [6, 6.07) is 58.3. The Balaban J connectivity index is 0.000000181. The SMILES string of the molecule is CC(C)(C)CNC(=O)Nc1ccc(C(C)(C)C)cc1.CC(C)(C)CNC(=O)Nc1ccc(C2CCCCC2)cc1.CCC(CC)NC(=O)Nc1ccc(C)cc1.CCC(CC)NC(=O)Nc1ccc(C2CCCCC2)cc1.O=C(NCC1CCC1)Nc1cccc(C2CCCCC2)c1.O=C(Nc1cccc(C2CCCCC2)c1)NC1CC1.O=C(Nc1cccc(C2CCCCC2)c1)NC1CCCC1. The molecular weight excluding hydrogens is 1710 g/mol. The van der Waals surface area contributed by atoms with Crippen molar-refractivity contribution in [2.75, 3.05) is 56.9 Å². The topological polar surface area (TPSA) is 288 Å². The van der Waals surface area contributed by atoms with Crippen molar-refractivity contribution in [3.63, 3.8) is 0 Å². The molecule has 8 aliphatic carbocycles. The largest absolute Gasteiger partial charge is 0.338 e. The molecule has 8 aliphatic rings. The average molecular weight is 1890 g/mol. The van der Waals surface area contributed by atoms with Crippen LogP contribution in [-0.2, 0) is 5.41 Å². The summed E-state index contributed by atoms with van der Waals surface area (Å²) in [5, 5.41) is 41.1. The van der Waals surface area contributed by atoms with Gasteiger partial charge < -0.3 is 74.4 Å². The first kappa shape index (κ1) is 111. The second kappa shape index (κ2) is 59.1. The fourth-order valence-corrected chi connectivity index (χ4v) is 19.0. The first-order chi connectivity index (χ1) is 66.3. The van der Waals surface area contributed by atoms with Crippen molar-refractivity contribution >= 4 is 82.0 Å². The van der Waals surface area contributed by atoms with Crippen LogP contribution in [0.25, 0.3) is 0 Å². The van der Waals surface area contributed by atoms with E-state index >= 15 is 0 Å². The number of nitrogens with one attached hydrogen (secondary N) is 14. The Bertz CT molecular complexity index is 4700. The first-order valence-corrected chi connectivity index (χ1v) is 53.4. The van der Waals surface area contributed by atoms with Crippen LogP contribution < -0.4 is 74.4 Å². The number of carbonyl (C=O) groups excluding carboxylic acids is 7. The molecule has 0 heterocycles. The van der Waals surface area contributed by atoms with Crippen molar-refractivity contribution in [2.45, 2.75) is 400 Å². The number of carbonyl (C=O) groups is 7. The van der Waals surface area contributed by atoms with Gasteiger partial charge in [0.25, 0.3) is 0 Å². The minimum Gasteiger partial charge on any atom is -0.338 e. The highest BCUT2D eigenvalue weighted by Gasteiger charge is 2.27. The molecule has 138 heavy (non-hydrogen) atoms. The van der Waals surface area contributed by atoms with Crippen molar-refractivity contribution in [3.05, 3.63) is 209 Å². The summed E-state index contributed by atoms with van der Waals surface area (Å²) >= 11 is 0. The molecule has 14 N–H and O–H groups in total. The molecule has 0 bridgehead atoms. The van der Waals surface area contributed by atoms with E-state index < -0.39 is 0 Å². The number of benzene rings is 7. The summed E-state index contributed by atoms with van der Waals surface area (Å²) in [7, 11) is 0. The maximum Gasteiger partial charge on any atom is 0.319 e. The summed E-state index contributed by atoms with van der Waals surface area (Å²) in [6.45, 7) is 31.6. The Hall–Kier alpha value is -10.6. The molecule has 15 rings (SSSR count). The molecule has 0 aliphatic heterocycles. The van der Waals surface area contributed by atoms with Gasteiger partial charge in [-0.3, -0.25) is 0 Å². The molecule has 0 atom stereocenters. The van der Waals surface area contributed by atoms with E-state index in [0.717, 1.165) is 97.7 Å². The van der Waals surface area contributed by atoms with Crippen LogP contribution in [0.2, 0.25) is 0 Å². The third kappa shape index (κ3) is 43.9. The normalized spacial score (nSPS) is 16.7. The predicted molar refractivity (Wildman–Crippen MR) is 578 cm³/mol. The molecule has 7 aromatic rings. The van der Waals surface area contributed by atoms with Crippen molar-refractivity contribution in [2.24, 2.45) is 16.7 Å². The van der Waals surface area contributed by atoms with Gasteiger partial charge in [0.2, 0.25) is 0 Å². The van der Waals surface area contributed by atoms with Crippen LogP contribution in [0.15, 0.2) is 170 Å². The lowest BCUT2D eigenvalue weighted by Crippen LogP contribution is -2.37. The molecule has 14 amide bonds. The summed E-state index contributed by atoms with van der Waals surface area (Å²) < 4.78 is 0. The Morgan fingerprint density at radius 2 is 0.551 bits per heavy atom. The number of aryl methyl sites for hydroxylation is 1. The third-order valence-electron chi connectivity index (χ3n) is 28.1. The van der Waals surface area contributed by atoms with Crippen LogP contribution in [0.4, 0.5) is 73.4 Å². The van der Waals surface area contributed by atoms with Gasteiger partial charge in [-0.2, -0.15) is 0 Å². The quantitative estimate of drug-likeness (QED) is 0.0277. The van der Waals surface area contributed by atoms with Crippen molar-refractivity contribution < 1.29 is 33.6 Å². The molecule has 8 saturated carbocycles. The van der Waals surface area contributed by atoms with Crippen molar-refractivity contribution in [3.8, 4) is 0 Å². The second-order valence-electron chi connectivity index (χ2n) is 43.5. The number of hydrogen-bond donors (Lipinski definition) is 14. The standard InChI is InChI=1S/2C18H26N2O.2C18H28N2O.C16H22N2O.C16H26N2O.C13H20N2O/c21-18(19-13-14-6-4-7-14)20-17-11-5-10-16(12-17)15-8-2-1-3-9-15;21-18(19-16-10-4-5-11-16)20-17-12-6-9-15(13-17)14-7-2-1-3-8-14;1-18(2,3)13-19-17(21)20-16-11-9-15(10-12-16)14-7-5-4-6-8-14;1-3-16(4-2)19-18(21)20-17-12-10-15(11-13-17)14-8-6-5-7-9-14;19-16(17-14-9-10-14)18-15-8-4-7-13(11-15)12-5-2-1-3-6-12;1-15(2,3)11-17-14(19)18-13-9-7-12(8-10-13)16(4,5)6;1-4-11(5-2)14-13(16)15-12-8-6-10(3)7-9-12/h5,10-12,14-15H,1-4,6-9,13H2,(H2,19,20,21);6,9,12-14,16H,1-5,7-8,10-11H2,(H2,19,20,21);9-12,14H,4-8,13H2,1-3H3,(H2,19,20,21);10-14,16H,3-9H2,1-2H3,(H2,19,20,21);4,7-8,11-12,14H,1-3,5-6,9-10H2,(H2,17,18,19);7-10H,11H2,1-6H3,(H2,17,18,19);6-9,11H,4-5H2,1-3H3,(H2,14,15,16). The monoisotopic (exact) mass is 1890 g/mol. The Labute approximate surface area is 830 Å². The van der Waals surface area contributed by atoms with E-state index in [2.05, 4.69) is 255 Å². The van der Waals surface area contributed by atoms with E-state index in [9.17, 15) is 33.6 Å². The molecule has 0 saturated heterocycles. The highest BCUT2D eigenvalue weighted by molar-refractivity contribution is 5.93. The molecule has 7 aromatic carbocycles. The molecular formula is C117H176N14O7. The van der Waals surface area contributed by atoms with Crippen LogP contribution in [0.1, 0.15) is 403 Å². The van der Waals surface area contributed by atoms with Crippen LogP contribution >= 0.6 is 0 Å². The highest BCUT2D eigenvalue weighted by atomic mass is 16.2. The molecule has 756 valence electrons. The fourth-order valence-electron chi connectivity index (χ4n) is 19.0. The second-order valence-corrected chi connectivity index (χ2v) is 43.5. The first-order valence-electron chi connectivity index (χ1n) is 53.4. The van der Waals surface area contributed by atoms with E-state index in [-0.39, 0.29) is 70.5 Å². The van der Waals surface area contributed by atoms with Gasteiger partial charge in [0.05, 0.1) is 0 Å². The molecule has 0 spiro atoms. The van der Waals surface area contributed by atoms with Gasteiger partial charge in [-0.25, -0.2) is 33.6 Å². The Kier molecular flexibility index (Phi) is 47.6. The number of rotatable bonds is 24. The number of hydrogen-bond acceptors (Lipinski definition) is 7. The number of anilines is 7. The van der Waals surface area contributed by atoms with E-state index in [1.165, 1.54) is 232 Å². The molecule has 21 nitrogen and oxygen atoms in total. The highest BCUT2D eigenvalue weighted by Crippen LogP contribution is 2.39. The minimum atomic E-state index is -0.154. The van der Waals surface area contributed by atoms with E-state index in [1.807, 2.05) is 85.8 Å². The molecule has 8 fully saturated rings. The van der Waals surface area contributed by atoms with Crippen LogP contribution in [0.5, 0.6) is 0 Å². The third-order valence-corrected chi connectivity index (χ3v) is 28.1. The zero-order valence-electron chi connectivity index (χ0n) is 86.8. The zero-order chi connectivity index (χ0) is 99.1. The maximum absolute atomic E-state index is 12.0. The van der Waals surface area contributed by atoms with Crippen molar-refractivity contribution in [1.82, 2.24) is 37.2 Å². The Morgan fingerprint density at radius 1 is 0.275 bits per heavy atom. The van der Waals surface area contributed by atoms with Gasteiger partial charge in [0, 0.05) is 83.6 Å². The van der Waals surface area contributed by atoms with Gasteiger partial charge >= 0.3 is 42.2 Å². The van der Waals surface area contributed by atoms with Crippen molar-refractivity contribution in [1.29, 1.82) is 0 Å². The minimum absolute atomic E-state index is 0.0531. The van der Waals surface area contributed by atoms with Gasteiger partial charge in [-0.1, -0.05) is 296 Å². The van der Waals surface area contributed by atoms with Gasteiger partial charge in [0.1, 0.15) is 0 Å². The molecule has 0 unspecified atom stereocenters. The van der Waals surface area contributed by atoms with Gasteiger partial charge in [-0.15, -0.1) is 0 Å². The number of amides is 14. The number of urea groups is 7. The molecule has 21 heteroatoms. The van der Waals surface area contributed by atoms with Crippen LogP contribution in [0, 0.1) is 23.7 Å². The lowest BCUT2D eigenvalue weighted by atomic mass is 9.84. The zero-order valence-corrected chi connectivity index (χ0v) is 86.8. The molecule has 0 radical (unpaired) electrons. The van der Waals surface area contributed by atoms with Gasteiger partial charge in [0.15, 0.2) is 0 Å². The predicted octanol–water partition coefficient (Wildman–Crippen LogP) is 30.9. The van der Waals surface area contributed by atoms with Crippen LogP contribution in [0.3, 0.4) is 0 Å². The Morgan fingerprint density at radius 3 is 0.848 bits per heavy atom. The summed E-state index contributed by atoms with van der Waals surface area (Å²) in [4.78, 5) is 82.7. The van der Waals surface area contributed by atoms with Gasteiger partial charge in [-0.05, 0) is 305 Å².